The number of rotatable bonds is 3. The first-order valence-electron chi connectivity index (χ1n) is 8.40. The molecule has 0 atom stereocenters. The Kier molecular flexibility index (Phi) is 4.85. The molecule has 1 fully saturated rings. The molecule has 2 aromatic rings. The van der Waals surface area contributed by atoms with Crippen molar-refractivity contribution < 1.29 is 9.90 Å². The highest BCUT2D eigenvalue weighted by Gasteiger charge is 2.21. The number of amides is 2. The van der Waals surface area contributed by atoms with Crippen LogP contribution in [0.4, 0.5) is 10.6 Å². The van der Waals surface area contributed by atoms with Crippen LogP contribution in [0.2, 0.25) is 0 Å². The first-order chi connectivity index (χ1) is 11.5. The summed E-state index contributed by atoms with van der Waals surface area (Å²) in [6.45, 7) is 4.00. The number of hydrogen-bond donors (Lipinski definition) is 3. The molecule has 0 unspecified atom stereocenters. The van der Waals surface area contributed by atoms with E-state index in [2.05, 4.69) is 15.7 Å². The molecule has 3 rings (SSSR count). The highest BCUT2D eigenvalue weighted by molar-refractivity contribution is 5.88. The van der Waals surface area contributed by atoms with Gasteiger partial charge in [-0.05, 0) is 51.7 Å². The number of aromatic nitrogens is 2. The number of aliphatic hydroxyl groups is 1. The monoisotopic (exact) mass is 328 g/mol. The number of urea groups is 1. The number of nitrogens with one attached hydrogen (secondary N) is 2. The molecule has 1 aromatic carbocycles. The van der Waals surface area contributed by atoms with E-state index in [-0.39, 0.29) is 18.2 Å². The van der Waals surface area contributed by atoms with E-state index in [1.54, 1.807) is 0 Å². The molecule has 0 spiro atoms. The predicted molar refractivity (Wildman–Crippen MR) is 93.5 cm³/mol. The molecule has 128 valence electrons. The van der Waals surface area contributed by atoms with Crippen LogP contribution >= 0.6 is 0 Å². The van der Waals surface area contributed by atoms with Gasteiger partial charge in [-0.25, -0.2) is 9.48 Å². The van der Waals surface area contributed by atoms with Crippen LogP contribution in [-0.4, -0.2) is 33.1 Å². The molecule has 2 amide bonds. The molecule has 24 heavy (non-hydrogen) atoms. The summed E-state index contributed by atoms with van der Waals surface area (Å²) in [5.41, 5.74) is 3.11. The van der Waals surface area contributed by atoms with E-state index in [0.29, 0.717) is 5.82 Å². The minimum absolute atomic E-state index is 0.119. The van der Waals surface area contributed by atoms with Crippen LogP contribution in [-0.2, 0) is 0 Å². The Morgan fingerprint density at radius 2 is 1.83 bits per heavy atom. The van der Waals surface area contributed by atoms with Crippen molar-refractivity contribution in [2.75, 3.05) is 5.32 Å². The number of nitrogens with zero attached hydrogens (tertiary/aromatic N) is 2. The zero-order valence-electron chi connectivity index (χ0n) is 14.1. The summed E-state index contributed by atoms with van der Waals surface area (Å²) in [6.07, 6.45) is 2.88. The maximum Gasteiger partial charge on any atom is 0.320 e. The normalized spacial score (nSPS) is 20.6. The van der Waals surface area contributed by atoms with Gasteiger partial charge in [0.15, 0.2) is 5.82 Å². The molecular formula is C18H24N4O2. The maximum absolute atomic E-state index is 12.1. The Morgan fingerprint density at radius 3 is 2.50 bits per heavy atom. The minimum Gasteiger partial charge on any atom is -0.393 e. The lowest BCUT2D eigenvalue weighted by Gasteiger charge is -2.25. The quantitative estimate of drug-likeness (QED) is 0.810. The number of benzene rings is 1. The van der Waals surface area contributed by atoms with Crippen LogP contribution in [0.5, 0.6) is 0 Å². The molecule has 3 N–H and O–H groups in total. The summed E-state index contributed by atoms with van der Waals surface area (Å²) >= 11 is 0. The Balaban J connectivity index is 1.62. The maximum atomic E-state index is 12.1. The Bertz CT molecular complexity index is 700. The lowest BCUT2D eigenvalue weighted by atomic mass is 9.93. The molecule has 1 aromatic heterocycles. The van der Waals surface area contributed by atoms with Gasteiger partial charge in [-0.2, -0.15) is 0 Å². The second-order valence-corrected chi connectivity index (χ2v) is 6.52. The van der Waals surface area contributed by atoms with Gasteiger partial charge in [-0.15, -0.1) is 5.10 Å². The fourth-order valence-corrected chi connectivity index (χ4v) is 3.04. The van der Waals surface area contributed by atoms with Crippen LogP contribution in [0.15, 0.2) is 30.3 Å². The number of aryl methyl sites for hydroxylation is 2. The smallest absolute Gasteiger partial charge is 0.320 e. The van der Waals surface area contributed by atoms with E-state index in [0.717, 1.165) is 37.1 Å². The van der Waals surface area contributed by atoms with Crippen molar-refractivity contribution in [1.82, 2.24) is 15.1 Å². The van der Waals surface area contributed by atoms with Gasteiger partial charge in [0.05, 0.1) is 11.8 Å². The summed E-state index contributed by atoms with van der Waals surface area (Å²) in [4.78, 5) is 12.1. The molecular weight excluding hydrogens is 304 g/mol. The lowest BCUT2D eigenvalue weighted by molar-refractivity contribution is 0.118. The third-order valence-electron chi connectivity index (χ3n) is 4.44. The van der Waals surface area contributed by atoms with Crippen molar-refractivity contribution in [3.63, 3.8) is 0 Å². The topological polar surface area (TPSA) is 79.2 Å². The Morgan fingerprint density at radius 1 is 1.17 bits per heavy atom. The number of anilines is 1. The van der Waals surface area contributed by atoms with E-state index in [4.69, 9.17) is 0 Å². The summed E-state index contributed by atoms with van der Waals surface area (Å²) in [5, 5.41) is 19.7. The van der Waals surface area contributed by atoms with Crippen molar-refractivity contribution >= 4 is 11.8 Å². The number of hydrogen-bond acceptors (Lipinski definition) is 3. The molecule has 1 heterocycles. The molecule has 0 saturated heterocycles. The average molecular weight is 328 g/mol. The summed E-state index contributed by atoms with van der Waals surface area (Å²) < 4.78 is 1.81. The van der Waals surface area contributed by atoms with Crippen LogP contribution in [0.3, 0.4) is 0 Å². The number of carbonyl (C=O) groups excluding carboxylic acids is 1. The highest BCUT2D eigenvalue weighted by Crippen LogP contribution is 2.19. The molecule has 1 aliphatic carbocycles. The minimum atomic E-state index is -0.245. The lowest BCUT2D eigenvalue weighted by Crippen LogP contribution is -2.40. The first kappa shape index (κ1) is 16.5. The van der Waals surface area contributed by atoms with Gasteiger partial charge in [-0.1, -0.05) is 17.7 Å². The van der Waals surface area contributed by atoms with Gasteiger partial charge in [0.25, 0.3) is 0 Å². The van der Waals surface area contributed by atoms with Crippen molar-refractivity contribution in [3.05, 3.63) is 41.6 Å². The van der Waals surface area contributed by atoms with Crippen molar-refractivity contribution in [1.29, 1.82) is 0 Å². The van der Waals surface area contributed by atoms with Crippen LogP contribution in [0, 0.1) is 13.8 Å². The zero-order chi connectivity index (χ0) is 17.1. The van der Waals surface area contributed by atoms with Crippen molar-refractivity contribution in [3.8, 4) is 5.69 Å². The average Bonchev–Trinajstić information content (AvgIpc) is 2.90. The molecule has 1 saturated carbocycles. The number of carbonyl (C=O) groups is 1. The van der Waals surface area contributed by atoms with Gasteiger partial charge >= 0.3 is 6.03 Å². The van der Waals surface area contributed by atoms with Crippen LogP contribution < -0.4 is 10.6 Å². The second kappa shape index (κ2) is 7.05. The van der Waals surface area contributed by atoms with E-state index in [1.165, 1.54) is 5.56 Å². The predicted octanol–water partition coefficient (Wildman–Crippen LogP) is 2.91. The zero-order valence-corrected chi connectivity index (χ0v) is 14.1. The Labute approximate surface area is 141 Å². The van der Waals surface area contributed by atoms with E-state index in [9.17, 15) is 9.90 Å². The number of aliphatic hydroxyl groups excluding tert-OH is 1. The van der Waals surface area contributed by atoms with E-state index in [1.807, 2.05) is 48.9 Å². The largest absolute Gasteiger partial charge is 0.393 e. The Hall–Kier alpha value is -2.34. The van der Waals surface area contributed by atoms with Crippen molar-refractivity contribution in [2.45, 2.75) is 51.7 Å². The SMILES string of the molecule is Cc1ccc(-n2nc(NC(=O)NC3CCC(O)CC3)cc2C)cc1. The summed E-state index contributed by atoms with van der Waals surface area (Å²) in [7, 11) is 0. The van der Waals surface area contributed by atoms with E-state index >= 15 is 0 Å². The second-order valence-electron chi connectivity index (χ2n) is 6.52. The van der Waals surface area contributed by atoms with Crippen LogP contribution in [0.25, 0.3) is 5.69 Å². The molecule has 6 heteroatoms. The highest BCUT2D eigenvalue weighted by atomic mass is 16.3. The van der Waals surface area contributed by atoms with Gasteiger partial charge in [0, 0.05) is 17.8 Å². The first-order valence-corrected chi connectivity index (χ1v) is 8.40. The van der Waals surface area contributed by atoms with Crippen molar-refractivity contribution in [2.24, 2.45) is 0 Å². The summed E-state index contributed by atoms with van der Waals surface area (Å²) in [6, 6.07) is 9.81. The molecule has 0 radical (unpaired) electrons. The van der Waals surface area contributed by atoms with Gasteiger partial charge in [0.2, 0.25) is 0 Å². The molecule has 6 nitrogen and oxygen atoms in total. The molecule has 0 aliphatic heterocycles. The van der Waals surface area contributed by atoms with Gasteiger partial charge < -0.3 is 10.4 Å². The van der Waals surface area contributed by atoms with Gasteiger partial charge in [0.1, 0.15) is 0 Å². The fourth-order valence-electron chi connectivity index (χ4n) is 3.04. The molecule has 0 bridgehead atoms. The fraction of sp³-hybridized carbons (Fsp3) is 0.444. The third-order valence-corrected chi connectivity index (χ3v) is 4.44. The molecule has 1 aliphatic rings. The summed E-state index contributed by atoms with van der Waals surface area (Å²) in [5.74, 6) is 0.529. The third kappa shape index (κ3) is 3.94. The van der Waals surface area contributed by atoms with E-state index < -0.39 is 0 Å². The standard InChI is InChI=1S/C18H24N4O2/c1-12-3-7-15(8-4-12)22-13(2)11-17(21-22)20-18(24)19-14-5-9-16(23)10-6-14/h3-4,7-8,11,14,16,23H,5-6,9-10H2,1-2H3,(H2,19,20,21,24). The van der Waals surface area contributed by atoms with Gasteiger partial charge in [-0.3, -0.25) is 5.32 Å². The van der Waals surface area contributed by atoms with Crippen LogP contribution in [0.1, 0.15) is 36.9 Å².